The molecule has 1 aromatic rings. The molecular formula is C16H25NO2. The van der Waals surface area contributed by atoms with Crippen molar-refractivity contribution in [1.82, 2.24) is 5.32 Å². The Morgan fingerprint density at radius 3 is 2.53 bits per heavy atom. The van der Waals surface area contributed by atoms with Crippen molar-refractivity contribution in [2.75, 3.05) is 14.2 Å². The van der Waals surface area contributed by atoms with Crippen LogP contribution in [0.25, 0.3) is 0 Å². The second-order valence-electron chi connectivity index (χ2n) is 5.50. The van der Waals surface area contributed by atoms with Gasteiger partial charge in [-0.15, -0.1) is 0 Å². The maximum absolute atomic E-state index is 5.32. The second-order valence-corrected chi connectivity index (χ2v) is 5.50. The van der Waals surface area contributed by atoms with Crippen molar-refractivity contribution in [3.05, 3.63) is 23.8 Å². The van der Waals surface area contributed by atoms with Gasteiger partial charge in [-0.05, 0) is 37.0 Å². The van der Waals surface area contributed by atoms with Crippen molar-refractivity contribution in [2.45, 2.75) is 45.2 Å². The Morgan fingerprint density at radius 1 is 1.21 bits per heavy atom. The Hall–Kier alpha value is -1.22. The van der Waals surface area contributed by atoms with Gasteiger partial charge >= 0.3 is 0 Å². The number of benzene rings is 1. The van der Waals surface area contributed by atoms with Gasteiger partial charge < -0.3 is 14.8 Å². The lowest BCUT2D eigenvalue weighted by Gasteiger charge is -2.28. The van der Waals surface area contributed by atoms with Crippen molar-refractivity contribution in [3.8, 4) is 11.5 Å². The predicted octanol–water partition coefficient (Wildman–Crippen LogP) is 3.37. The molecule has 0 heterocycles. The minimum absolute atomic E-state index is 0.582. The quantitative estimate of drug-likeness (QED) is 0.818. The Bertz CT molecular complexity index is 402. The molecule has 1 aliphatic rings. The first-order valence-electron chi connectivity index (χ1n) is 7.17. The summed E-state index contributed by atoms with van der Waals surface area (Å²) in [5.74, 6) is 2.54. The van der Waals surface area contributed by atoms with Gasteiger partial charge in [-0.2, -0.15) is 0 Å². The molecule has 0 bridgehead atoms. The molecule has 3 nitrogen and oxygen atoms in total. The first kappa shape index (κ1) is 14.2. The second kappa shape index (κ2) is 6.80. The van der Waals surface area contributed by atoms with Crippen LogP contribution in [0.1, 0.15) is 38.2 Å². The molecule has 3 heteroatoms. The average molecular weight is 263 g/mol. The molecule has 1 aliphatic carbocycles. The molecule has 0 spiro atoms. The van der Waals surface area contributed by atoms with Crippen LogP contribution in [0.4, 0.5) is 0 Å². The van der Waals surface area contributed by atoms with Crippen LogP contribution >= 0.6 is 0 Å². The van der Waals surface area contributed by atoms with E-state index in [1.165, 1.54) is 31.2 Å². The zero-order valence-corrected chi connectivity index (χ0v) is 12.2. The van der Waals surface area contributed by atoms with Crippen LogP contribution in [0.5, 0.6) is 11.5 Å². The van der Waals surface area contributed by atoms with E-state index in [2.05, 4.69) is 18.3 Å². The van der Waals surface area contributed by atoms with Crippen molar-refractivity contribution < 1.29 is 9.47 Å². The van der Waals surface area contributed by atoms with E-state index in [1.807, 2.05) is 12.1 Å². The Balaban J connectivity index is 1.84. The van der Waals surface area contributed by atoms with Crippen molar-refractivity contribution in [3.63, 3.8) is 0 Å². The van der Waals surface area contributed by atoms with Gasteiger partial charge in [0.1, 0.15) is 0 Å². The van der Waals surface area contributed by atoms with Crippen LogP contribution in [0, 0.1) is 5.92 Å². The van der Waals surface area contributed by atoms with Crippen LogP contribution in [0.2, 0.25) is 0 Å². The third-order valence-electron chi connectivity index (χ3n) is 4.01. The fraction of sp³-hybridized carbons (Fsp3) is 0.625. The standard InChI is InChI=1S/C16H25NO2/c1-12(9-13-5-4-6-13)17-11-14-7-8-15(18-2)16(10-14)19-3/h7-8,10,12-13,17H,4-6,9,11H2,1-3H3. The largest absolute Gasteiger partial charge is 0.493 e. The number of ether oxygens (including phenoxy) is 2. The highest BCUT2D eigenvalue weighted by Gasteiger charge is 2.19. The molecule has 1 unspecified atom stereocenters. The topological polar surface area (TPSA) is 30.5 Å². The zero-order chi connectivity index (χ0) is 13.7. The average Bonchev–Trinajstić information content (AvgIpc) is 2.40. The highest BCUT2D eigenvalue weighted by Crippen LogP contribution is 2.30. The molecule has 0 saturated heterocycles. The summed E-state index contributed by atoms with van der Waals surface area (Å²) in [5, 5.41) is 3.59. The van der Waals surface area contributed by atoms with E-state index >= 15 is 0 Å². The van der Waals surface area contributed by atoms with E-state index in [0.29, 0.717) is 6.04 Å². The first-order valence-corrected chi connectivity index (χ1v) is 7.17. The molecule has 2 rings (SSSR count). The van der Waals surface area contributed by atoms with Gasteiger partial charge in [-0.25, -0.2) is 0 Å². The SMILES string of the molecule is COc1ccc(CNC(C)CC2CCC2)cc1OC. The highest BCUT2D eigenvalue weighted by molar-refractivity contribution is 5.42. The molecule has 106 valence electrons. The molecule has 0 aliphatic heterocycles. The molecule has 1 aromatic carbocycles. The van der Waals surface area contributed by atoms with Crippen molar-refractivity contribution in [1.29, 1.82) is 0 Å². The number of hydrogen-bond acceptors (Lipinski definition) is 3. The molecule has 1 fully saturated rings. The van der Waals surface area contributed by atoms with E-state index < -0.39 is 0 Å². The Labute approximate surface area is 116 Å². The van der Waals surface area contributed by atoms with Gasteiger partial charge in [-0.1, -0.05) is 25.3 Å². The summed E-state index contributed by atoms with van der Waals surface area (Å²) < 4.78 is 10.6. The summed E-state index contributed by atoms with van der Waals surface area (Å²) in [4.78, 5) is 0. The number of rotatable bonds is 7. The van der Waals surface area contributed by atoms with Crippen LogP contribution < -0.4 is 14.8 Å². The Morgan fingerprint density at radius 2 is 1.95 bits per heavy atom. The number of nitrogens with one attached hydrogen (secondary N) is 1. The maximum Gasteiger partial charge on any atom is 0.161 e. The van der Waals surface area contributed by atoms with E-state index in [0.717, 1.165) is 24.0 Å². The molecule has 1 atom stereocenters. The van der Waals surface area contributed by atoms with Crippen LogP contribution in [0.3, 0.4) is 0 Å². The minimum Gasteiger partial charge on any atom is -0.493 e. The van der Waals surface area contributed by atoms with E-state index in [-0.39, 0.29) is 0 Å². The van der Waals surface area contributed by atoms with Gasteiger partial charge in [0, 0.05) is 12.6 Å². The number of hydrogen-bond donors (Lipinski definition) is 1. The molecule has 0 amide bonds. The fourth-order valence-electron chi connectivity index (χ4n) is 2.59. The lowest BCUT2D eigenvalue weighted by Crippen LogP contribution is -2.29. The van der Waals surface area contributed by atoms with Gasteiger partial charge in [-0.3, -0.25) is 0 Å². The smallest absolute Gasteiger partial charge is 0.161 e. The van der Waals surface area contributed by atoms with Gasteiger partial charge in [0.2, 0.25) is 0 Å². The molecule has 19 heavy (non-hydrogen) atoms. The molecule has 1 saturated carbocycles. The molecule has 0 aromatic heterocycles. The summed E-state index contributed by atoms with van der Waals surface area (Å²) in [6, 6.07) is 6.68. The molecule has 1 N–H and O–H groups in total. The summed E-state index contributed by atoms with van der Waals surface area (Å²) in [7, 11) is 3.34. The fourth-order valence-corrected chi connectivity index (χ4v) is 2.59. The monoisotopic (exact) mass is 263 g/mol. The van der Waals surface area contributed by atoms with Crippen molar-refractivity contribution in [2.24, 2.45) is 5.92 Å². The summed E-state index contributed by atoms with van der Waals surface area (Å²) >= 11 is 0. The summed E-state index contributed by atoms with van der Waals surface area (Å²) in [6.07, 6.45) is 5.56. The summed E-state index contributed by atoms with van der Waals surface area (Å²) in [6.45, 7) is 3.16. The maximum atomic E-state index is 5.32. The van der Waals surface area contributed by atoms with Gasteiger partial charge in [0.05, 0.1) is 14.2 Å². The number of methoxy groups -OCH3 is 2. The molecular weight excluding hydrogens is 238 g/mol. The van der Waals surface area contributed by atoms with E-state index in [4.69, 9.17) is 9.47 Å². The zero-order valence-electron chi connectivity index (χ0n) is 12.2. The third kappa shape index (κ3) is 3.87. The summed E-state index contributed by atoms with van der Waals surface area (Å²) in [5.41, 5.74) is 1.23. The van der Waals surface area contributed by atoms with Crippen LogP contribution in [-0.2, 0) is 6.54 Å². The lowest BCUT2D eigenvalue weighted by atomic mass is 9.81. The van der Waals surface area contributed by atoms with Gasteiger partial charge in [0.25, 0.3) is 0 Å². The normalized spacial score (nSPS) is 16.8. The van der Waals surface area contributed by atoms with Crippen molar-refractivity contribution >= 4 is 0 Å². The lowest BCUT2D eigenvalue weighted by molar-refractivity contribution is 0.265. The molecule has 0 radical (unpaired) electrons. The predicted molar refractivity (Wildman–Crippen MR) is 77.8 cm³/mol. The Kier molecular flexibility index (Phi) is 5.08. The first-order chi connectivity index (χ1) is 9.22. The third-order valence-corrected chi connectivity index (χ3v) is 4.01. The highest BCUT2D eigenvalue weighted by atomic mass is 16.5. The van der Waals surface area contributed by atoms with E-state index in [9.17, 15) is 0 Å². The van der Waals surface area contributed by atoms with Crippen LogP contribution in [0.15, 0.2) is 18.2 Å². The van der Waals surface area contributed by atoms with Gasteiger partial charge in [0.15, 0.2) is 11.5 Å². The van der Waals surface area contributed by atoms with Crippen LogP contribution in [-0.4, -0.2) is 20.3 Å². The minimum atomic E-state index is 0.582. The van der Waals surface area contributed by atoms with E-state index in [1.54, 1.807) is 14.2 Å².